The SMILES string of the molecule is c1ccc(-[n+]2c[n+](-c3ccc4c(ccc5ccc6ccccc6c54)c3)c[n+](-c3ccccc3-c3cccc4oc5ccccc5c34)c2)cc1. The number of nitrogens with zero attached hydrogens (tertiary/aromatic N) is 3. The minimum Gasteiger partial charge on any atom is -0.456 e. The molecule has 0 unspecified atom stereocenters. The van der Waals surface area contributed by atoms with E-state index in [0.29, 0.717) is 0 Å². The molecule has 0 amide bonds. The number of rotatable bonds is 4. The van der Waals surface area contributed by atoms with Crippen LogP contribution < -0.4 is 13.7 Å². The molecule has 2 heterocycles. The van der Waals surface area contributed by atoms with Crippen LogP contribution in [0.2, 0.25) is 0 Å². The Morgan fingerprint density at radius 1 is 0.347 bits per heavy atom. The quantitative estimate of drug-likeness (QED) is 0.141. The molecule has 10 rings (SSSR count). The third-order valence-electron chi connectivity index (χ3n) is 9.68. The first-order valence-electron chi connectivity index (χ1n) is 16.6. The van der Waals surface area contributed by atoms with Gasteiger partial charge in [0.2, 0.25) is 17.1 Å². The molecule has 0 saturated heterocycles. The summed E-state index contributed by atoms with van der Waals surface area (Å²) in [5, 5.41) is 9.78. The average molecular weight is 629 g/mol. The van der Waals surface area contributed by atoms with Gasteiger partial charge in [-0.05, 0) is 56.6 Å². The molecule has 4 heteroatoms. The fraction of sp³-hybridized carbons (Fsp3) is 0. The lowest BCUT2D eigenvalue weighted by Crippen LogP contribution is -2.55. The van der Waals surface area contributed by atoms with Gasteiger partial charge in [0.05, 0.1) is 5.56 Å². The first-order chi connectivity index (χ1) is 24.3. The van der Waals surface area contributed by atoms with Crippen molar-refractivity contribution >= 4 is 54.3 Å². The smallest absolute Gasteiger partial charge is 0.428 e. The fourth-order valence-electron chi connectivity index (χ4n) is 7.39. The Bertz CT molecular complexity index is 2890. The van der Waals surface area contributed by atoms with Gasteiger partial charge >= 0.3 is 19.0 Å². The highest BCUT2D eigenvalue weighted by Gasteiger charge is 2.28. The standard InChI is InChI=1S/C45H30N3O/c1-2-12-34(13-3-1)46-28-47(35-25-26-37-33(27-35)24-23-32-22-21-31-11-4-5-14-36(31)44(32)37)30-48(29-46)41-18-8-6-15-38(41)39-17-10-20-43-45(39)40-16-7-9-19-42(40)49-43/h1-30H/q+3. The van der Waals surface area contributed by atoms with Crippen molar-refractivity contribution in [2.45, 2.75) is 0 Å². The first-order valence-corrected chi connectivity index (χ1v) is 16.6. The molecule has 0 aliphatic heterocycles. The fourth-order valence-corrected chi connectivity index (χ4v) is 7.39. The Hall–Kier alpha value is -6.65. The van der Waals surface area contributed by atoms with Crippen LogP contribution in [0.25, 0.3) is 82.4 Å². The van der Waals surface area contributed by atoms with Crippen molar-refractivity contribution in [3.05, 3.63) is 183 Å². The lowest BCUT2D eigenvalue weighted by Gasteiger charge is -2.08. The summed E-state index contributed by atoms with van der Waals surface area (Å²) in [5.41, 5.74) is 7.26. The van der Waals surface area contributed by atoms with E-state index in [9.17, 15) is 0 Å². The number of benzene rings is 8. The Labute approximate surface area is 282 Å². The topological polar surface area (TPSA) is 24.8 Å². The van der Waals surface area contributed by atoms with Gasteiger partial charge in [-0.15, -0.1) is 0 Å². The molecular formula is C45H30N3O+3. The van der Waals surface area contributed by atoms with Crippen molar-refractivity contribution in [3.8, 4) is 28.2 Å². The van der Waals surface area contributed by atoms with Crippen LogP contribution in [-0.2, 0) is 0 Å². The van der Waals surface area contributed by atoms with E-state index in [0.717, 1.165) is 50.1 Å². The van der Waals surface area contributed by atoms with Crippen LogP contribution in [0.3, 0.4) is 0 Å². The Balaban J connectivity index is 1.19. The van der Waals surface area contributed by atoms with Gasteiger partial charge in [-0.3, -0.25) is 0 Å². The van der Waals surface area contributed by atoms with E-state index in [4.69, 9.17) is 4.42 Å². The van der Waals surface area contributed by atoms with Crippen molar-refractivity contribution in [2.75, 3.05) is 0 Å². The molecule has 0 radical (unpaired) electrons. The molecule has 0 aliphatic rings. The summed E-state index contributed by atoms with van der Waals surface area (Å²) in [6.45, 7) is 0. The predicted octanol–water partition coefficient (Wildman–Crippen LogP) is 9.54. The maximum Gasteiger partial charge on any atom is 0.428 e. The molecule has 0 atom stereocenters. The summed E-state index contributed by atoms with van der Waals surface area (Å²) in [5.74, 6) is 0. The molecule has 0 saturated carbocycles. The monoisotopic (exact) mass is 628 g/mol. The number of para-hydroxylation sites is 3. The third kappa shape index (κ3) is 4.49. The highest BCUT2D eigenvalue weighted by Crippen LogP contribution is 2.38. The summed E-state index contributed by atoms with van der Waals surface area (Å²) >= 11 is 0. The molecule has 0 bridgehead atoms. The second-order valence-electron chi connectivity index (χ2n) is 12.6. The van der Waals surface area contributed by atoms with E-state index in [-0.39, 0.29) is 0 Å². The summed E-state index contributed by atoms with van der Waals surface area (Å²) in [6.07, 6.45) is 6.47. The molecule has 8 aromatic carbocycles. The van der Waals surface area contributed by atoms with Crippen molar-refractivity contribution in [3.63, 3.8) is 0 Å². The van der Waals surface area contributed by atoms with Crippen molar-refractivity contribution in [1.29, 1.82) is 0 Å². The molecule has 0 aliphatic carbocycles. The van der Waals surface area contributed by atoms with Gasteiger partial charge in [-0.1, -0.05) is 123 Å². The largest absolute Gasteiger partial charge is 0.456 e. The number of fused-ring (bicyclic) bond motifs is 8. The van der Waals surface area contributed by atoms with Gasteiger partial charge in [-0.25, -0.2) is 0 Å². The summed E-state index contributed by atoms with van der Waals surface area (Å²) in [7, 11) is 0. The van der Waals surface area contributed by atoms with Gasteiger partial charge in [0.1, 0.15) is 11.2 Å². The van der Waals surface area contributed by atoms with Crippen LogP contribution >= 0.6 is 0 Å². The van der Waals surface area contributed by atoms with Gasteiger partial charge in [0.25, 0.3) is 0 Å². The zero-order valence-electron chi connectivity index (χ0n) is 26.6. The zero-order valence-corrected chi connectivity index (χ0v) is 26.6. The Kier molecular flexibility index (Phi) is 6.15. The van der Waals surface area contributed by atoms with Crippen molar-refractivity contribution in [2.24, 2.45) is 0 Å². The molecule has 2 aromatic heterocycles. The van der Waals surface area contributed by atoms with E-state index in [1.165, 1.54) is 32.3 Å². The second kappa shape index (κ2) is 11.0. The van der Waals surface area contributed by atoms with E-state index >= 15 is 0 Å². The highest BCUT2D eigenvalue weighted by atomic mass is 16.3. The summed E-state index contributed by atoms with van der Waals surface area (Å²) in [6, 6.07) is 58.1. The molecule has 10 aromatic rings. The maximum atomic E-state index is 6.28. The molecular weight excluding hydrogens is 599 g/mol. The number of hydrogen-bond acceptors (Lipinski definition) is 1. The van der Waals surface area contributed by atoms with Gasteiger partial charge < -0.3 is 4.42 Å². The van der Waals surface area contributed by atoms with Crippen LogP contribution in [0.15, 0.2) is 187 Å². The Morgan fingerprint density at radius 3 is 1.88 bits per heavy atom. The summed E-state index contributed by atoms with van der Waals surface area (Å²) in [4.78, 5) is 0. The van der Waals surface area contributed by atoms with Crippen LogP contribution in [0.1, 0.15) is 0 Å². The van der Waals surface area contributed by atoms with Crippen LogP contribution in [0.5, 0.6) is 0 Å². The van der Waals surface area contributed by atoms with Gasteiger partial charge in [-0.2, -0.15) is 0 Å². The zero-order chi connectivity index (χ0) is 32.3. The minimum absolute atomic E-state index is 0.887. The number of aromatic nitrogens is 3. The normalized spacial score (nSPS) is 11.7. The lowest BCUT2D eigenvalue weighted by atomic mass is 9.96. The second-order valence-corrected chi connectivity index (χ2v) is 12.6. The van der Waals surface area contributed by atoms with Gasteiger partial charge in [0.15, 0.2) is 0 Å². The number of furan rings is 1. The highest BCUT2D eigenvalue weighted by molar-refractivity contribution is 6.20. The third-order valence-corrected chi connectivity index (χ3v) is 9.68. The van der Waals surface area contributed by atoms with Crippen LogP contribution in [0, 0.1) is 0 Å². The molecule has 4 nitrogen and oxygen atoms in total. The van der Waals surface area contributed by atoms with Gasteiger partial charge in [0, 0.05) is 46.7 Å². The Morgan fingerprint density at radius 2 is 0.980 bits per heavy atom. The van der Waals surface area contributed by atoms with E-state index in [2.05, 4.69) is 184 Å². The van der Waals surface area contributed by atoms with Crippen molar-refractivity contribution < 1.29 is 18.1 Å². The summed E-state index contributed by atoms with van der Waals surface area (Å²) < 4.78 is 12.9. The van der Waals surface area contributed by atoms with Crippen LogP contribution in [0.4, 0.5) is 0 Å². The minimum atomic E-state index is 0.887. The molecule has 0 spiro atoms. The van der Waals surface area contributed by atoms with E-state index < -0.39 is 0 Å². The molecule has 228 valence electrons. The van der Waals surface area contributed by atoms with Crippen molar-refractivity contribution in [1.82, 2.24) is 0 Å². The number of hydrogen-bond donors (Lipinski definition) is 0. The molecule has 49 heavy (non-hydrogen) atoms. The van der Waals surface area contributed by atoms with E-state index in [1.54, 1.807) is 0 Å². The first kappa shape index (κ1) is 27.5. The van der Waals surface area contributed by atoms with Crippen LogP contribution in [-0.4, -0.2) is 0 Å². The molecule has 0 fully saturated rings. The van der Waals surface area contributed by atoms with E-state index in [1.807, 2.05) is 12.1 Å². The maximum absolute atomic E-state index is 6.28. The lowest BCUT2D eigenvalue weighted by molar-refractivity contribution is -0.858. The average Bonchev–Trinajstić information content (AvgIpc) is 3.57. The predicted molar refractivity (Wildman–Crippen MR) is 196 cm³/mol. The molecule has 0 N–H and O–H groups in total.